The Hall–Kier alpha value is -2.54. The Balaban J connectivity index is 1.88. The highest BCUT2D eigenvalue weighted by molar-refractivity contribution is 5.63. The van der Waals surface area contributed by atoms with Crippen molar-refractivity contribution >= 4 is 11.4 Å². The summed E-state index contributed by atoms with van der Waals surface area (Å²) >= 11 is 0. The number of nitriles is 1. The van der Waals surface area contributed by atoms with Crippen molar-refractivity contribution in [2.75, 3.05) is 17.2 Å². The van der Waals surface area contributed by atoms with E-state index in [0.29, 0.717) is 12.1 Å². The van der Waals surface area contributed by atoms with E-state index < -0.39 is 0 Å². The summed E-state index contributed by atoms with van der Waals surface area (Å²) < 4.78 is 13.5. The summed E-state index contributed by atoms with van der Waals surface area (Å²) in [5.74, 6) is -0.365. The Morgan fingerprint density at radius 3 is 2.90 bits per heavy atom. The second-order valence-electron chi connectivity index (χ2n) is 5.02. The predicted molar refractivity (Wildman–Crippen MR) is 76.7 cm³/mol. The van der Waals surface area contributed by atoms with E-state index in [1.54, 1.807) is 6.07 Å². The molecular formula is C16H14FN3. The summed E-state index contributed by atoms with van der Waals surface area (Å²) in [6, 6.07) is 12.3. The van der Waals surface area contributed by atoms with Gasteiger partial charge in [-0.25, -0.2) is 4.39 Å². The Labute approximate surface area is 117 Å². The van der Waals surface area contributed by atoms with Gasteiger partial charge in [0, 0.05) is 24.5 Å². The molecule has 20 heavy (non-hydrogen) atoms. The van der Waals surface area contributed by atoms with Crippen LogP contribution < -0.4 is 10.6 Å². The van der Waals surface area contributed by atoms with Gasteiger partial charge < -0.3 is 10.6 Å². The highest BCUT2D eigenvalue weighted by Gasteiger charge is 2.19. The first kappa shape index (κ1) is 12.5. The number of fused-ring (bicyclic) bond motifs is 1. The molecule has 1 aliphatic rings. The van der Waals surface area contributed by atoms with Crippen LogP contribution in [0.1, 0.15) is 16.7 Å². The summed E-state index contributed by atoms with van der Waals surface area (Å²) in [5.41, 5.74) is 10.1. The maximum atomic E-state index is 13.5. The first-order chi connectivity index (χ1) is 9.65. The van der Waals surface area contributed by atoms with E-state index in [9.17, 15) is 4.39 Å². The number of benzene rings is 2. The van der Waals surface area contributed by atoms with Crippen LogP contribution in [0.2, 0.25) is 0 Å². The number of hydrogen-bond donors (Lipinski definition) is 1. The molecule has 0 amide bonds. The van der Waals surface area contributed by atoms with E-state index in [1.165, 1.54) is 17.7 Å². The predicted octanol–water partition coefficient (Wildman–Crippen LogP) is 2.84. The van der Waals surface area contributed by atoms with Gasteiger partial charge >= 0.3 is 0 Å². The smallest absolute Gasteiger partial charge is 0.124 e. The molecule has 2 N–H and O–H groups in total. The third-order valence-electron chi connectivity index (χ3n) is 3.56. The minimum atomic E-state index is -0.365. The molecule has 4 heteroatoms. The van der Waals surface area contributed by atoms with Gasteiger partial charge in [-0.3, -0.25) is 0 Å². The van der Waals surface area contributed by atoms with Gasteiger partial charge in [0.15, 0.2) is 0 Å². The van der Waals surface area contributed by atoms with Crippen LogP contribution in [0, 0.1) is 17.1 Å². The zero-order valence-electron chi connectivity index (χ0n) is 10.9. The topological polar surface area (TPSA) is 53.0 Å². The number of nitrogens with two attached hydrogens (primary N) is 1. The molecule has 0 aliphatic carbocycles. The molecule has 0 saturated carbocycles. The first-order valence-electron chi connectivity index (χ1n) is 6.48. The van der Waals surface area contributed by atoms with Crippen LogP contribution in [0.15, 0.2) is 36.4 Å². The molecule has 0 fully saturated rings. The summed E-state index contributed by atoms with van der Waals surface area (Å²) in [7, 11) is 0. The third kappa shape index (κ3) is 2.30. The monoisotopic (exact) mass is 267 g/mol. The summed E-state index contributed by atoms with van der Waals surface area (Å²) in [4.78, 5) is 2.19. The van der Waals surface area contributed by atoms with Gasteiger partial charge in [-0.1, -0.05) is 0 Å². The average Bonchev–Trinajstić information content (AvgIpc) is 2.80. The molecule has 0 aromatic heterocycles. The fourth-order valence-corrected chi connectivity index (χ4v) is 2.68. The Bertz CT molecular complexity index is 703. The van der Waals surface area contributed by atoms with Gasteiger partial charge in [0.25, 0.3) is 0 Å². The maximum Gasteiger partial charge on any atom is 0.124 e. The molecule has 0 radical (unpaired) electrons. The molecule has 1 aliphatic heterocycles. The standard InChI is InChI=1S/C16H14FN3/c17-14-6-11(9-18)5-12(7-14)10-20-4-3-13-8-15(19)1-2-16(13)20/h1-2,5-8H,3-4,10,19H2. The molecule has 0 bridgehead atoms. The molecule has 0 saturated heterocycles. The lowest BCUT2D eigenvalue weighted by Gasteiger charge is -2.19. The molecule has 0 spiro atoms. The number of hydrogen-bond acceptors (Lipinski definition) is 3. The first-order valence-corrected chi connectivity index (χ1v) is 6.48. The van der Waals surface area contributed by atoms with E-state index in [-0.39, 0.29) is 5.82 Å². The fourth-order valence-electron chi connectivity index (χ4n) is 2.68. The third-order valence-corrected chi connectivity index (χ3v) is 3.56. The van der Waals surface area contributed by atoms with Crippen molar-refractivity contribution in [1.82, 2.24) is 0 Å². The normalized spacial score (nSPS) is 13.1. The van der Waals surface area contributed by atoms with Crippen LogP contribution in [0.25, 0.3) is 0 Å². The fraction of sp³-hybridized carbons (Fsp3) is 0.188. The number of anilines is 2. The molecule has 0 atom stereocenters. The molecule has 3 rings (SSSR count). The number of halogens is 1. The van der Waals surface area contributed by atoms with Gasteiger partial charge in [0.05, 0.1) is 11.6 Å². The zero-order valence-corrected chi connectivity index (χ0v) is 10.9. The summed E-state index contributed by atoms with van der Waals surface area (Å²) in [6.07, 6.45) is 0.945. The van der Waals surface area contributed by atoms with E-state index in [4.69, 9.17) is 11.0 Å². The lowest BCUT2D eigenvalue weighted by atomic mass is 10.1. The molecule has 0 unspecified atom stereocenters. The highest BCUT2D eigenvalue weighted by Crippen LogP contribution is 2.30. The molecular weight excluding hydrogens is 253 g/mol. The number of rotatable bonds is 2. The highest BCUT2D eigenvalue weighted by atomic mass is 19.1. The quantitative estimate of drug-likeness (QED) is 0.851. The Morgan fingerprint density at radius 2 is 2.10 bits per heavy atom. The Kier molecular flexibility index (Phi) is 3.03. The number of nitrogens with zero attached hydrogens (tertiary/aromatic N) is 2. The van der Waals surface area contributed by atoms with Crippen LogP contribution in [0.3, 0.4) is 0 Å². The van der Waals surface area contributed by atoms with Gasteiger partial charge in [-0.2, -0.15) is 5.26 Å². The molecule has 2 aromatic carbocycles. The molecule has 2 aromatic rings. The van der Waals surface area contributed by atoms with Crippen LogP contribution in [0.4, 0.5) is 15.8 Å². The van der Waals surface area contributed by atoms with Gasteiger partial charge in [-0.15, -0.1) is 0 Å². The largest absolute Gasteiger partial charge is 0.399 e. The zero-order chi connectivity index (χ0) is 14.1. The van der Waals surface area contributed by atoms with Gasteiger partial charge in [0.1, 0.15) is 5.82 Å². The lowest BCUT2D eigenvalue weighted by Crippen LogP contribution is -2.19. The van der Waals surface area contributed by atoms with E-state index in [1.807, 2.05) is 24.3 Å². The second kappa shape index (κ2) is 4.86. The van der Waals surface area contributed by atoms with E-state index in [2.05, 4.69) is 4.90 Å². The van der Waals surface area contributed by atoms with Crippen LogP contribution in [-0.2, 0) is 13.0 Å². The number of nitrogen functional groups attached to an aromatic ring is 1. The van der Waals surface area contributed by atoms with Crippen LogP contribution >= 0.6 is 0 Å². The van der Waals surface area contributed by atoms with Crippen LogP contribution in [0.5, 0.6) is 0 Å². The van der Waals surface area contributed by atoms with Crippen molar-refractivity contribution in [3.05, 3.63) is 58.9 Å². The van der Waals surface area contributed by atoms with Crippen molar-refractivity contribution < 1.29 is 4.39 Å². The summed E-state index contributed by atoms with van der Waals surface area (Å²) in [5, 5.41) is 8.89. The van der Waals surface area contributed by atoms with Crippen molar-refractivity contribution in [2.45, 2.75) is 13.0 Å². The van der Waals surface area contributed by atoms with E-state index >= 15 is 0 Å². The van der Waals surface area contributed by atoms with Gasteiger partial charge in [-0.05, 0) is 53.9 Å². The summed E-state index contributed by atoms with van der Waals surface area (Å²) in [6.45, 7) is 1.49. The minimum absolute atomic E-state index is 0.358. The lowest BCUT2D eigenvalue weighted by molar-refractivity contribution is 0.624. The second-order valence-corrected chi connectivity index (χ2v) is 5.02. The SMILES string of the molecule is N#Cc1cc(F)cc(CN2CCc3cc(N)ccc32)c1. The molecule has 100 valence electrons. The van der Waals surface area contributed by atoms with E-state index in [0.717, 1.165) is 29.9 Å². The van der Waals surface area contributed by atoms with Gasteiger partial charge in [0.2, 0.25) is 0 Å². The van der Waals surface area contributed by atoms with Crippen molar-refractivity contribution in [3.8, 4) is 6.07 Å². The van der Waals surface area contributed by atoms with Crippen molar-refractivity contribution in [3.63, 3.8) is 0 Å². The molecule has 1 heterocycles. The van der Waals surface area contributed by atoms with Crippen molar-refractivity contribution in [1.29, 1.82) is 5.26 Å². The maximum absolute atomic E-state index is 13.5. The average molecular weight is 267 g/mol. The van der Waals surface area contributed by atoms with Crippen molar-refractivity contribution in [2.24, 2.45) is 0 Å². The van der Waals surface area contributed by atoms with Crippen LogP contribution in [-0.4, -0.2) is 6.54 Å². The molecule has 3 nitrogen and oxygen atoms in total. The Morgan fingerprint density at radius 1 is 1.25 bits per heavy atom. The minimum Gasteiger partial charge on any atom is -0.399 e.